The molecule has 128 valence electrons. The van der Waals surface area contributed by atoms with Gasteiger partial charge in [-0.25, -0.2) is 0 Å². The zero-order valence-corrected chi connectivity index (χ0v) is 15.1. The highest BCUT2D eigenvalue weighted by Crippen LogP contribution is 2.32. The molecule has 1 aromatic heterocycles. The minimum atomic E-state index is 0.552. The number of benzene rings is 3. The first-order chi connectivity index (χ1) is 12.6. The molecule has 0 amide bonds. The van der Waals surface area contributed by atoms with Gasteiger partial charge in [0.2, 0.25) is 0 Å². The number of rotatable bonds is 4. The van der Waals surface area contributed by atoms with E-state index in [1.54, 1.807) is 18.2 Å². The van der Waals surface area contributed by atoms with Crippen LogP contribution in [0.1, 0.15) is 26.3 Å². The number of carbonyl (C=O) groups excluding carboxylic acids is 2. The summed E-state index contributed by atoms with van der Waals surface area (Å²) in [6, 6.07) is 16.5. The highest BCUT2D eigenvalue weighted by Gasteiger charge is 2.13. The molecule has 0 aliphatic carbocycles. The van der Waals surface area contributed by atoms with E-state index in [0.717, 1.165) is 39.9 Å². The van der Waals surface area contributed by atoms with E-state index in [1.165, 1.54) is 0 Å². The Bertz CT molecular complexity index is 1110. The molecule has 0 spiro atoms. The van der Waals surface area contributed by atoms with Gasteiger partial charge in [0, 0.05) is 49.5 Å². The average molecular weight is 382 g/mol. The van der Waals surface area contributed by atoms with E-state index in [1.807, 2.05) is 36.4 Å². The van der Waals surface area contributed by atoms with E-state index in [2.05, 4.69) is 4.57 Å². The number of fused-ring (bicyclic) bond motifs is 3. The van der Waals surface area contributed by atoms with Gasteiger partial charge in [0.05, 0.1) is 0 Å². The predicted octanol–water partition coefficient (Wildman–Crippen LogP) is 5.77. The van der Waals surface area contributed by atoms with Crippen LogP contribution in [0.2, 0.25) is 10.0 Å². The fraction of sp³-hybridized carbons (Fsp3) is 0.0476. The van der Waals surface area contributed by atoms with Crippen molar-refractivity contribution < 1.29 is 9.59 Å². The molecule has 0 aliphatic rings. The molecule has 3 aromatic carbocycles. The van der Waals surface area contributed by atoms with Crippen molar-refractivity contribution in [3.63, 3.8) is 0 Å². The first kappa shape index (κ1) is 16.8. The van der Waals surface area contributed by atoms with Crippen molar-refractivity contribution in [2.24, 2.45) is 0 Å². The smallest absolute Gasteiger partial charge is 0.150 e. The van der Waals surface area contributed by atoms with E-state index in [4.69, 9.17) is 23.2 Å². The third-order valence-corrected chi connectivity index (χ3v) is 5.12. The van der Waals surface area contributed by atoms with Crippen molar-refractivity contribution in [2.45, 2.75) is 6.54 Å². The highest BCUT2D eigenvalue weighted by molar-refractivity contribution is 6.35. The Morgan fingerprint density at radius 2 is 1.35 bits per heavy atom. The Balaban J connectivity index is 2.00. The minimum Gasteiger partial charge on any atom is -0.336 e. The summed E-state index contributed by atoms with van der Waals surface area (Å²) >= 11 is 12.4. The van der Waals surface area contributed by atoms with Crippen LogP contribution in [-0.4, -0.2) is 17.1 Å². The Labute approximate surface area is 159 Å². The number of halogens is 2. The van der Waals surface area contributed by atoms with E-state index in [0.29, 0.717) is 27.7 Å². The van der Waals surface area contributed by atoms with Crippen LogP contribution in [0.15, 0.2) is 54.6 Å². The van der Waals surface area contributed by atoms with Gasteiger partial charge in [-0.05, 0) is 54.1 Å². The average Bonchev–Trinajstić information content (AvgIpc) is 2.96. The lowest BCUT2D eigenvalue weighted by atomic mass is 10.1. The zero-order chi connectivity index (χ0) is 18.3. The van der Waals surface area contributed by atoms with Crippen LogP contribution in [-0.2, 0) is 6.54 Å². The highest BCUT2D eigenvalue weighted by atomic mass is 35.5. The molecular weight excluding hydrogens is 369 g/mol. The number of aromatic nitrogens is 1. The molecule has 0 fully saturated rings. The third kappa shape index (κ3) is 2.79. The summed E-state index contributed by atoms with van der Waals surface area (Å²) in [5.41, 5.74) is 4.07. The Morgan fingerprint density at radius 1 is 0.769 bits per heavy atom. The minimum absolute atomic E-state index is 0.552. The zero-order valence-electron chi connectivity index (χ0n) is 13.6. The first-order valence-electron chi connectivity index (χ1n) is 8.01. The number of carbonyl (C=O) groups is 2. The van der Waals surface area contributed by atoms with Gasteiger partial charge in [-0.2, -0.15) is 0 Å². The monoisotopic (exact) mass is 381 g/mol. The van der Waals surface area contributed by atoms with Gasteiger partial charge in [-0.1, -0.05) is 29.3 Å². The van der Waals surface area contributed by atoms with Crippen LogP contribution < -0.4 is 0 Å². The topological polar surface area (TPSA) is 39.1 Å². The molecule has 5 heteroatoms. The summed E-state index contributed by atoms with van der Waals surface area (Å²) in [7, 11) is 0. The van der Waals surface area contributed by atoms with Crippen LogP contribution in [0, 0.1) is 0 Å². The predicted molar refractivity (Wildman–Crippen MR) is 106 cm³/mol. The van der Waals surface area contributed by atoms with Crippen LogP contribution in [0.3, 0.4) is 0 Å². The van der Waals surface area contributed by atoms with Gasteiger partial charge < -0.3 is 4.57 Å². The lowest BCUT2D eigenvalue weighted by Gasteiger charge is -2.10. The van der Waals surface area contributed by atoms with E-state index < -0.39 is 0 Å². The standard InChI is InChI=1S/C21H13Cl2NO2/c22-16-4-3-15(19(23)9-16)10-24-20-5-1-13(11-25)7-17(20)18-8-14(12-26)2-6-21(18)24/h1-9,11-12H,10H2. The summed E-state index contributed by atoms with van der Waals surface area (Å²) in [4.78, 5) is 22.4. The largest absolute Gasteiger partial charge is 0.336 e. The van der Waals surface area contributed by atoms with Gasteiger partial charge in [0.25, 0.3) is 0 Å². The third-order valence-electron chi connectivity index (χ3n) is 4.53. The molecule has 0 radical (unpaired) electrons. The Kier molecular flexibility index (Phi) is 4.27. The molecule has 0 aliphatic heterocycles. The summed E-state index contributed by atoms with van der Waals surface area (Å²) in [6.07, 6.45) is 1.64. The Hall–Kier alpha value is -2.62. The van der Waals surface area contributed by atoms with Crippen LogP contribution in [0.25, 0.3) is 21.8 Å². The van der Waals surface area contributed by atoms with Gasteiger partial charge in [-0.3, -0.25) is 9.59 Å². The Morgan fingerprint density at radius 3 is 1.85 bits per heavy atom. The summed E-state index contributed by atoms with van der Waals surface area (Å²) in [5.74, 6) is 0. The van der Waals surface area contributed by atoms with Crippen molar-refractivity contribution >= 4 is 57.6 Å². The molecule has 0 atom stereocenters. The molecule has 26 heavy (non-hydrogen) atoms. The molecule has 1 heterocycles. The quantitative estimate of drug-likeness (QED) is 0.420. The molecule has 0 N–H and O–H groups in total. The fourth-order valence-electron chi connectivity index (χ4n) is 3.28. The SMILES string of the molecule is O=Cc1ccc2c(c1)c1cc(C=O)ccc1n2Cc1ccc(Cl)cc1Cl. The first-order valence-corrected chi connectivity index (χ1v) is 8.76. The van der Waals surface area contributed by atoms with Gasteiger partial charge in [0.15, 0.2) is 0 Å². The maximum absolute atomic E-state index is 11.2. The molecule has 3 nitrogen and oxygen atoms in total. The maximum atomic E-state index is 11.2. The molecule has 4 aromatic rings. The number of hydrogen-bond acceptors (Lipinski definition) is 2. The second-order valence-electron chi connectivity index (χ2n) is 6.11. The lowest BCUT2D eigenvalue weighted by molar-refractivity contribution is 0.111. The van der Waals surface area contributed by atoms with Crippen molar-refractivity contribution in [2.75, 3.05) is 0 Å². The van der Waals surface area contributed by atoms with Gasteiger partial charge in [-0.15, -0.1) is 0 Å². The fourth-order valence-corrected chi connectivity index (χ4v) is 3.74. The second-order valence-corrected chi connectivity index (χ2v) is 6.95. The van der Waals surface area contributed by atoms with Crippen LogP contribution in [0.5, 0.6) is 0 Å². The van der Waals surface area contributed by atoms with Crippen LogP contribution in [0.4, 0.5) is 0 Å². The molecule has 0 saturated heterocycles. The summed E-state index contributed by atoms with van der Waals surface area (Å²) < 4.78 is 2.13. The van der Waals surface area contributed by atoms with Crippen molar-refractivity contribution in [3.8, 4) is 0 Å². The summed E-state index contributed by atoms with van der Waals surface area (Å²) in [5, 5.41) is 3.05. The molecule has 0 bridgehead atoms. The molecular formula is C21H13Cl2NO2. The number of nitrogens with zero attached hydrogens (tertiary/aromatic N) is 1. The van der Waals surface area contributed by atoms with Gasteiger partial charge in [0.1, 0.15) is 12.6 Å². The van der Waals surface area contributed by atoms with E-state index in [9.17, 15) is 9.59 Å². The van der Waals surface area contributed by atoms with E-state index >= 15 is 0 Å². The lowest BCUT2D eigenvalue weighted by Crippen LogP contribution is -2.00. The molecule has 0 saturated carbocycles. The van der Waals surface area contributed by atoms with Crippen molar-refractivity contribution in [1.29, 1.82) is 0 Å². The molecule has 0 unspecified atom stereocenters. The number of aldehydes is 2. The van der Waals surface area contributed by atoms with Crippen molar-refractivity contribution in [1.82, 2.24) is 4.57 Å². The van der Waals surface area contributed by atoms with Crippen molar-refractivity contribution in [3.05, 3.63) is 81.3 Å². The van der Waals surface area contributed by atoms with Gasteiger partial charge >= 0.3 is 0 Å². The van der Waals surface area contributed by atoms with Crippen LogP contribution >= 0.6 is 23.2 Å². The van der Waals surface area contributed by atoms with E-state index in [-0.39, 0.29) is 0 Å². The number of hydrogen-bond donors (Lipinski definition) is 0. The second kappa shape index (κ2) is 6.60. The summed E-state index contributed by atoms with van der Waals surface area (Å²) in [6.45, 7) is 0.552. The normalized spacial score (nSPS) is 11.2. The maximum Gasteiger partial charge on any atom is 0.150 e. The molecule has 4 rings (SSSR count).